The molecule has 36 heavy (non-hydrogen) atoms. The number of hydrogen-bond acceptors (Lipinski definition) is 7. The summed E-state index contributed by atoms with van der Waals surface area (Å²) >= 11 is 0. The van der Waals surface area contributed by atoms with Crippen molar-refractivity contribution in [2.45, 2.75) is 83.1 Å². The molecule has 0 heterocycles. The van der Waals surface area contributed by atoms with Gasteiger partial charge in [0, 0.05) is 6.42 Å². The Hall–Kier alpha value is -3.02. The molecule has 0 bridgehead atoms. The highest BCUT2D eigenvalue weighted by Crippen LogP contribution is 2.11. The highest BCUT2D eigenvalue weighted by atomic mass is 16.4. The Morgan fingerprint density at radius 1 is 0.917 bits per heavy atom. The third kappa shape index (κ3) is 10.3. The topological polar surface area (TPSA) is 197 Å². The molecule has 0 aliphatic carbocycles. The van der Waals surface area contributed by atoms with E-state index in [1.165, 1.54) is 6.92 Å². The zero-order valence-corrected chi connectivity index (χ0v) is 21.3. The maximum atomic E-state index is 13.3. The molecule has 0 saturated heterocycles. The molecule has 3 amide bonds. The van der Waals surface area contributed by atoms with Crippen LogP contribution in [0.4, 0.5) is 0 Å². The van der Waals surface area contributed by atoms with Gasteiger partial charge in [0.05, 0.1) is 6.10 Å². The number of benzene rings is 1. The summed E-state index contributed by atoms with van der Waals surface area (Å²) in [6.07, 6.45) is 0.883. The minimum absolute atomic E-state index is 0.113. The molecule has 0 aliphatic rings. The van der Waals surface area contributed by atoms with Gasteiger partial charge in [0.15, 0.2) is 0 Å². The van der Waals surface area contributed by atoms with E-state index >= 15 is 0 Å². The van der Waals surface area contributed by atoms with Crippen LogP contribution in [0.25, 0.3) is 0 Å². The highest BCUT2D eigenvalue weighted by Gasteiger charge is 2.33. The minimum atomic E-state index is -1.22. The number of unbranched alkanes of at least 4 members (excludes halogenated alkanes) is 1. The lowest BCUT2D eigenvalue weighted by Crippen LogP contribution is -2.60. The maximum Gasteiger partial charge on any atom is 0.326 e. The molecule has 0 saturated carbocycles. The molecule has 11 heteroatoms. The quantitative estimate of drug-likeness (QED) is 0.147. The van der Waals surface area contributed by atoms with Crippen LogP contribution in [0, 0.1) is 5.92 Å². The number of amides is 3. The van der Waals surface area contributed by atoms with Crippen molar-refractivity contribution in [2.24, 2.45) is 17.4 Å². The Balaban J connectivity index is 3.12. The SMILES string of the molecule is CCC(C)C(NC(=O)C(N)C(C)O)C(=O)NC(Cc1ccccc1)C(=O)NC(CCCCN)C(=O)O. The van der Waals surface area contributed by atoms with Crippen LogP contribution in [0.5, 0.6) is 0 Å². The number of carboxylic acids is 1. The third-order valence-corrected chi connectivity index (χ3v) is 6.09. The van der Waals surface area contributed by atoms with Crippen LogP contribution < -0.4 is 27.4 Å². The number of aliphatic carboxylic acids is 1. The van der Waals surface area contributed by atoms with E-state index in [0.29, 0.717) is 25.8 Å². The molecule has 6 atom stereocenters. The number of aliphatic hydroxyl groups excluding tert-OH is 1. The molecule has 0 spiro atoms. The summed E-state index contributed by atoms with van der Waals surface area (Å²) in [6.45, 7) is 5.39. The number of carboxylic acid groups (broad SMARTS) is 1. The Morgan fingerprint density at radius 3 is 2.06 bits per heavy atom. The first-order valence-corrected chi connectivity index (χ1v) is 12.3. The van der Waals surface area contributed by atoms with Crippen molar-refractivity contribution in [1.29, 1.82) is 0 Å². The summed E-state index contributed by atoms with van der Waals surface area (Å²) in [5.41, 5.74) is 12.0. The molecule has 0 aliphatic heterocycles. The molecular formula is C25H41N5O6. The average molecular weight is 508 g/mol. The van der Waals surface area contributed by atoms with Gasteiger partial charge in [-0.1, -0.05) is 50.6 Å². The molecule has 202 valence electrons. The van der Waals surface area contributed by atoms with Crippen molar-refractivity contribution in [2.75, 3.05) is 6.54 Å². The normalized spacial score (nSPS) is 16.1. The number of aliphatic hydroxyl groups is 1. The van der Waals surface area contributed by atoms with E-state index in [0.717, 1.165) is 5.56 Å². The predicted octanol–water partition coefficient (Wildman–Crippen LogP) is -0.349. The van der Waals surface area contributed by atoms with E-state index in [2.05, 4.69) is 16.0 Å². The van der Waals surface area contributed by atoms with Crippen molar-refractivity contribution in [3.05, 3.63) is 35.9 Å². The maximum absolute atomic E-state index is 13.3. The Morgan fingerprint density at radius 2 is 1.53 bits per heavy atom. The molecule has 11 nitrogen and oxygen atoms in total. The van der Waals surface area contributed by atoms with Crippen molar-refractivity contribution >= 4 is 23.7 Å². The fourth-order valence-electron chi connectivity index (χ4n) is 3.51. The van der Waals surface area contributed by atoms with Crippen LogP contribution in [-0.2, 0) is 25.6 Å². The highest BCUT2D eigenvalue weighted by molar-refractivity contribution is 5.94. The molecule has 0 fully saturated rings. The fourth-order valence-corrected chi connectivity index (χ4v) is 3.51. The van der Waals surface area contributed by atoms with Crippen LogP contribution in [0.2, 0.25) is 0 Å². The van der Waals surface area contributed by atoms with Gasteiger partial charge in [-0.3, -0.25) is 14.4 Å². The monoisotopic (exact) mass is 507 g/mol. The number of carbonyl (C=O) groups excluding carboxylic acids is 3. The molecular weight excluding hydrogens is 466 g/mol. The second-order valence-corrected chi connectivity index (χ2v) is 9.07. The van der Waals surface area contributed by atoms with Gasteiger partial charge in [0.25, 0.3) is 0 Å². The first-order chi connectivity index (χ1) is 17.0. The van der Waals surface area contributed by atoms with Crippen molar-refractivity contribution in [3.63, 3.8) is 0 Å². The number of hydrogen-bond donors (Lipinski definition) is 7. The second-order valence-electron chi connectivity index (χ2n) is 9.07. The van der Waals surface area contributed by atoms with Gasteiger partial charge in [-0.2, -0.15) is 0 Å². The lowest BCUT2D eigenvalue weighted by atomic mass is 9.96. The number of carbonyl (C=O) groups is 4. The van der Waals surface area contributed by atoms with Gasteiger partial charge in [-0.15, -0.1) is 0 Å². The Labute approximate surface area is 212 Å². The van der Waals surface area contributed by atoms with Gasteiger partial charge in [0.2, 0.25) is 17.7 Å². The van der Waals surface area contributed by atoms with Gasteiger partial charge in [0.1, 0.15) is 24.2 Å². The average Bonchev–Trinajstić information content (AvgIpc) is 2.85. The second kappa shape index (κ2) is 15.9. The number of rotatable bonds is 16. The van der Waals surface area contributed by atoms with Gasteiger partial charge in [-0.25, -0.2) is 4.79 Å². The molecule has 9 N–H and O–H groups in total. The van der Waals surface area contributed by atoms with Gasteiger partial charge < -0.3 is 37.6 Å². The van der Waals surface area contributed by atoms with E-state index in [1.807, 2.05) is 13.0 Å². The number of nitrogens with two attached hydrogens (primary N) is 2. The summed E-state index contributed by atoms with van der Waals surface area (Å²) in [5.74, 6) is -3.44. The summed E-state index contributed by atoms with van der Waals surface area (Å²) in [7, 11) is 0. The summed E-state index contributed by atoms with van der Waals surface area (Å²) < 4.78 is 0. The van der Waals surface area contributed by atoms with Crippen LogP contribution >= 0.6 is 0 Å². The summed E-state index contributed by atoms with van der Waals surface area (Å²) in [4.78, 5) is 50.6. The first kappa shape index (κ1) is 31.0. The molecule has 1 rings (SSSR count). The zero-order valence-electron chi connectivity index (χ0n) is 21.3. The lowest BCUT2D eigenvalue weighted by molar-refractivity contribution is -0.142. The molecule has 1 aromatic carbocycles. The van der Waals surface area contributed by atoms with E-state index < -0.39 is 54.0 Å². The standard InChI is InChI=1S/C25H41N5O6/c1-4-15(2)21(30-23(33)20(27)16(3)31)24(34)29-19(14-17-10-6-5-7-11-17)22(32)28-18(25(35)36)12-8-9-13-26/h5-7,10-11,15-16,18-21,31H,4,8-9,12-14,26-27H2,1-3H3,(H,28,32)(H,29,34)(H,30,33)(H,35,36). The van der Waals surface area contributed by atoms with Crippen LogP contribution in [0.1, 0.15) is 52.0 Å². The van der Waals surface area contributed by atoms with E-state index in [-0.39, 0.29) is 18.8 Å². The Bertz CT molecular complexity index is 851. The fraction of sp³-hybridized carbons (Fsp3) is 0.600. The number of nitrogens with one attached hydrogen (secondary N) is 3. The molecule has 6 unspecified atom stereocenters. The van der Waals surface area contributed by atoms with Gasteiger partial charge >= 0.3 is 5.97 Å². The summed E-state index contributed by atoms with van der Waals surface area (Å²) in [5, 5.41) is 27.0. The Kier molecular flexibility index (Phi) is 13.7. The summed E-state index contributed by atoms with van der Waals surface area (Å²) in [6, 6.07) is 4.51. The minimum Gasteiger partial charge on any atom is -0.480 e. The van der Waals surface area contributed by atoms with Crippen LogP contribution in [0.15, 0.2) is 30.3 Å². The molecule has 0 aromatic heterocycles. The zero-order chi connectivity index (χ0) is 27.3. The third-order valence-electron chi connectivity index (χ3n) is 6.09. The largest absolute Gasteiger partial charge is 0.480 e. The lowest BCUT2D eigenvalue weighted by Gasteiger charge is -2.28. The van der Waals surface area contributed by atoms with Crippen LogP contribution in [-0.4, -0.2) is 70.7 Å². The first-order valence-electron chi connectivity index (χ1n) is 12.3. The van der Waals surface area contributed by atoms with Crippen molar-refractivity contribution < 1.29 is 29.4 Å². The van der Waals surface area contributed by atoms with Gasteiger partial charge in [-0.05, 0) is 44.2 Å². The van der Waals surface area contributed by atoms with E-state index in [4.69, 9.17) is 11.5 Å². The smallest absolute Gasteiger partial charge is 0.326 e. The molecule has 1 aromatic rings. The molecule has 0 radical (unpaired) electrons. The van der Waals surface area contributed by atoms with E-state index in [9.17, 15) is 29.4 Å². The van der Waals surface area contributed by atoms with E-state index in [1.54, 1.807) is 31.2 Å². The van der Waals surface area contributed by atoms with Crippen molar-refractivity contribution in [3.8, 4) is 0 Å². The van der Waals surface area contributed by atoms with Crippen LogP contribution in [0.3, 0.4) is 0 Å². The van der Waals surface area contributed by atoms with Crippen molar-refractivity contribution in [1.82, 2.24) is 16.0 Å². The predicted molar refractivity (Wildman–Crippen MR) is 136 cm³/mol.